The number of ether oxygens (including phenoxy) is 1. The smallest absolute Gasteiger partial charge is 0.444 e. The number of rotatable bonds is 7. The molecule has 39 heavy (non-hydrogen) atoms. The Labute approximate surface area is 234 Å². The molecule has 0 spiro atoms. The van der Waals surface area contributed by atoms with Gasteiger partial charge in [0.05, 0.1) is 17.6 Å². The van der Waals surface area contributed by atoms with Crippen LogP contribution in [0.5, 0.6) is 0 Å². The highest BCUT2D eigenvalue weighted by atomic mass is 16.7. The van der Waals surface area contributed by atoms with Gasteiger partial charge in [0.1, 0.15) is 5.60 Å². The van der Waals surface area contributed by atoms with Crippen molar-refractivity contribution in [1.29, 1.82) is 0 Å². The van der Waals surface area contributed by atoms with Gasteiger partial charge in [-0.2, -0.15) is 0 Å². The highest BCUT2D eigenvalue weighted by Gasteiger charge is 2.68. The monoisotopic (exact) mass is 538 g/mol. The van der Waals surface area contributed by atoms with E-state index in [-0.39, 0.29) is 41.1 Å². The molecule has 0 radical (unpaired) electrons. The first-order valence-electron chi connectivity index (χ1n) is 15.0. The summed E-state index contributed by atoms with van der Waals surface area (Å²) in [6.45, 7) is 13.3. The van der Waals surface area contributed by atoms with Gasteiger partial charge in [-0.15, -0.1) is 0 Å². The number of nitrogens with zero attached hydrogens (tertiary/aromatic N) is 1. The van der Waals surface area contributed by atoms with Crippen LogP contribution in [0.1, 0.15) is 92.1 Å². The maximum Gasteiger partial charge on any atom is 0.482 e. The lowest BCUT2D eigenvalue weighted by molar-refractivity contribution is -0.199. The third-order valence-electron chi connectivity index (χ3n) is 9.90. The Morgan fingerprint density at radius 3 is 2.59 bits per heavy atom. The van der Waals surface area contributed by atoms with E-state index in [2.05, 4.69) is 38.2 Å². The van der Waals surface area contributed by atoms with Crippen LogP contribution in [0.15, 0.2) is 30.3 Å². The number of likely N-dealkylation sites (tertiary alicyclic amines) is 1. The van der Waals surface area contributed by atoms with Gasteiger partial charge >= 0.3 is 13.2 Å². The number of hydrogen-bond acceptors (Lipinski definition) is 5. The molecule has 1 aromatic rings. The lowest BCUT2D eigenvalue weighted by Crippen LogP contribution is -2.65. The molecule has 8 heteroatoms. The van der Waals surface area contributed by atoms with Crippen LogP contribution in [0, 0.1) is 17.3 Å². The molecule has 2 amide bonds. The SMILES string of the molecule is CC(C)(C)OC(=O)N1CCCCC1CCC(=O)NC(Cc1ccccc1)B1O[C@@H]2C[C@@H]3C[C@@H](C3(C)C)[C@]2(C)O1. The molecule has 6 atom stereocenters. The van der Waals surface area contributed by atoms with E-state index in [9.17, 15) is 9.59 Å². The fraction of sp³-hybridized carbons (Fsp3) is 0.742. The fourth-order valence-electron chi connectivity index (χ4n) is 7.59. The fourth-order valence-corrected chi connectivity index (χ4v) is 7.59. The Balaban J connectivity index is 1.24. The Morgan fingerprint density at radius 2 is 1.90 bits per heavy atom. The molecular weight excluding hydrogens is 491 g/mol. The molecule has 5 fully saturated rings. The highest BCUT2D eigenvalue weighted by molar-refractivity contribution is 6.48. The number of carbonyl (C=O) groups is 2. The third kappa shape index (κ3) is 5.88. The standard InChI is InChI=1S/C31H47BN2O5/c1-29(2,3)37-28(36)34-17-11-10-14-23(34)15-16-27(35)33-26(18-21-12-8-7-9-13-21)32-38-25-20-22-19-24(30(22,4)5)31(25,6)39-32/h7-9,12-13,22-26H,10-11,14-20H2,1-6H3,(H,33,35)/t22-,23?,24-,25+,26?,31-/m0/s1. The van der Waals surface area contributed by atoms with Gasteiger partial charge in [-0.3, -0.25) is 4.79 Å². The number of nitrogens with one attached hydrogen (secondary N) is 1. The minimum Gasteiger partial charge on any atom is -0.444 e. The van der Waals surface area contributed by atoms with Gasteiger partial charge in [-0.25, -0.2) is 4.79 Å². The predicted octanol–water partition coefficient (Wildman–Crippen LogP) is 5.55. The minimum absolute atomic E-state index is 0.0155. The number of hydrogen-bond donors (Lipinski definition) is 1. The molecule has 2 heterocycles. The molecule has 2 bridgehead atoms. The molecule has 3 saturated carbocycles. The maximum atomic E-state index is 13.4. The van der Waals surface area contributed by atoms with Crippen molar-refractivity contribution >= 4 is 19.1 Å². The zero-order valence-corrected chi connectivity index (χ0v) is 24.7. The van der Waals surface area contributed by atoms with Crippen LogP contribution in [-0.4, -0.2) is 59.9 Å². The predicted molar refractivity (Wildman–Crippen MR) is 152 cm³/mol. The van der Waals surface area contributed by atoms with E-state index in [1.54, 1.807) is 0 Å². The second kappa shape index (κ2) is 10.7. The van der Waals surface area contributed by atoms with Crippen molar-refractivity contribution in [3.05, 3.63) is 35.9 Å². The van der Waals surface area contributed by atoms with Crippen LogP contribution in [0.4, 0.5) is 4.79 Å². The van der Waals surface area contributed by atoms with E-state index in [0.29, 0.717) is 37.6 Å². The summed E-state index contributed by atoms with van der Waals surface area (Å²) in [6, 6.07) is 10.2. The summed E-state index contributed by atoms with van der Waals surface area (Å²) in [4.78, 5) is 28.0. The van der Waals surface area contributed by atoms with Crippen LogP contribution in [0.25, 0.3) is 0 Å². The van der Waals surface area contributed by atoms with Crippen molar-refractivity contribution < 1.29 is 23.6 Å². The van der Waals surface area contributed by atoms with E-state index in [1.165, 1.54) is 6.42 Å². The molecule has 2 saturated heterocycles. The molecule has 1 aromatic carbocycles. The summed E-state index contributed by atoms with van der Waals surface area (Å²) in [7, 11) is -0.479. The molecule has 0 aromatic heterocycles. The van der Waals surface area contributed by atoms with Crippen molar-refractivity contribution in [3.63, 3.8) is 0 Å². The van der Waals surface area contributed by atoms with E-state index in [4.69, 9.17) is 14.0 Å². The summed E-state index contributed by atoms with van der Waals surface area (Å²) in [5, 5.41) is 3.28. The Kier molecular flexibility index (Phi) is 7.84. The maximum absolute atomic E-state index is 13.4. The molecular formula is C31H47BN2O5. The number of benzene rings is 1. The number of carbonyl (C=O) groups excluding carboxylic acids is 2. The van der Waals surface area contributed by atoms with Crippen LogP contribution in [0.3, 0.4) is 0 Å². The van der Waals surface area contributed by atoms with Gasteiger partial charge in [0, 0.05) is 19.0 Å². The van der Waals surface area contributed by atoms with Crippen LogP contribution in [-0.2, 0) is 25.3 Å². The Hall–Kier alpha value is -2.06. The molecule has 1 N–H and O–H groups in total. The summed E-state index contributed by atoms with van der Waals surface area (Å²) in [5.41, 5.74) is 0.551. The zero-order valence-electron chi connectivity index (χ0n) is 24.7. The van der Waals surface area contributed by atoms with Crippen LogP contribution in [0.2, 0.25) is 0 Å². The number of amides is 2. The zero-order chi connectivity index (χ0) is 28.0. The summed E-state index contributed by atoms with van der Waals surface area (Å²) >= 11 is 0. The van der Waals surface area contributed by atoms with E-state index in [0.717, 1.165) is 31.2 Å². The van der Waals surface area contributed by atoms with Crippen molar-refractivity contribution in [2.75, 3.05) is 6.54 Å². The second-order valence-corrected chi connectivity index (χ2v) is 14.1. The largest absolute Gasteiger partial charge is 0.482 e. The van der Waals surface area contributed by atoms with Crippen molar-refractivity contribution in [3.8, 4) is 0 Å². The first kappa shape index (κ1) is 28.5. The van der Waals surface area contributed by atoms with Crippen LogP contribution < -0.4 is 5.32 Å². The average molecular weight is 539 g/mol. The third-order valence-corrected chi connectivity index (χ3v) is 9.90. The molecule has 2 unspecified atom stereocenters. The molecule has 7 nitrogen and oxygen atoms in total. The minimum atomic E-state index is -0.536. The topological polar surface area (TPSA) is 77.1 Å². The molecule has 3 aliphatic carbocycles. The first-order valence-corrected chi connectivity index (χ1v) is 15.0. The van der Waals surface area contributed by atoms with Gasteiger partial charge in [0.2, 0.25) is 5.91 Å². The molecule has 5 aliphatic rings. The van der Waals surface area contributed by atoms with Crippen molar-refractivity contribution in [2.45, 2.75) is 122 Å². The Bertz CT molecular complexity index is 1040. The lowest BCUT2D eigenvalue weighted by Gasteiger charge is -2.64. The van der Waals surface area contributed by atoms with Crippen LogP contribution >= 0.6 is 0 Å². The van der Waals surface area contributed by atoms with E-state index in [1.807, 2.05) is 43.9 Å². The van der Waals surface area contributed by atoms with Gasteiger partial charge in [-0.1, -0.05) is 44.2 Å². The summed E-state index contributed by atoms with van der Waals surface area (Å²) in [6.07, 6.45) is 6.54. The molecule has 2 aliphatic heterocycles. The first-order chi connectivity index (χ1) is 18.4. The van der Waals surface area contributed by atoms with Gasteiger partial charge in [-0.05, 0) is 95.5 Å². The van der Waals surface area contributed by atoms with Gasteiger partial charge in [0.25, 0.3) is 0 Å². The normalized spacial score (nSPS) is 32.2. The molecule has 214 valence electrons. The van der Waals surface area contributed by atoms with E-state index >= 15 is 0 Å². The molecule has 6 rings (SSSR count). The lowest BCUT2D eigenvalue weighted by atomic mass is 9.43. The van der Waals surface area contributed by atoms with Crippen molar-refractivity contribution in [2.24, 2.45) is 17.3 Å². The average Bonchev–Trinajstić information content (AvgIpc) is 3.24. The number of piperidine rings is 1. The van der Waals surface area contributed by atoms with E-state index < -0.39 is 12.7 Å². The van der Waals surface area contributed by atoms with Gasteiger partial charge in [0.15, 0.2) is 0 Å². The summed E-state index contributed by atoms with van der Waals surface area (Å²) < 4.78 is 19.0. The van der Waals surface area contributed by atoms with Crippen molar-refractivity contribution in [1.82, 2.24) is 10.2 Å². The highest BCUT2D eigenvalue weighted by Crippen LogP contribution is 2.65. The Morgan fingerprint density at radius 1 is 1.15 bits per heavy atom. The van der Waals surface area contributed by atoms with Gasteiger partial charge < -0.3 is 24.3 Å². The summed E-state index contributed by atoms with van der Waals surface area (Å²) in [5.74, 6) is 0.837. The second-order valence-electron chi connectivity index (χ2n) is 14.1. The quantitative estimate of drug-likeness (QED) is 0.461.